The number of benzene rings is 1. The van der Waals surface area contributed by atoms with E-state index in [0.717, 1.165) is 30.2 Å². The number of nitrogen functional groups attached to an aromatic ring is 3. The highest BCUT2D eigenvalue weighted by atomic mass is 15.2. The van der Waals surface area contributed by atoms with Crippen molar-refractivity contribution in [2.24, 2.45) is 5.73 Å². The first-order valence-electron chi connectivity index (χ1n) is 7.68. The van der Waals surface area contributed by atoms with Crippen LogP contribution in [0.4, 0.5) is 17.5 Å². The molecule has 0 atom stereocenters. The van der Waals surface area contributed by atoms with E-state index in [4.69, 9.17) is 22.6 Å². The third kappa shape index (κ3) is 3.18. The number of nitrogens with zero attached hydrogens (tertiary/aromatic N) is 3. The van der Waals surface area contributed by atoms with E-state index in [0.29, 0.717) is 11.3 Å². The van der Waals surface area contributed by atoms with Crippen LogP contribution in [0.5, 0.6) is 0 Å². The van der Waals surface area contributed by atoms with Crippen molar-refractivity contribution < 1.29 is 0 Å². The lowest BCUT2D eigenvalue weighted by Crippen LogP contribution is -2.30. The molecule has 7 N–H and O–H groups in total. The van der Waals surface area contributed by atoms with Crippen molar-refractivity contribution >= 4 is 23.3 Å². The van der Waals surface area contributed by atoms with Crippen LogP contribution in [-0.2, 0) is 0 Å². The molecule has 0 radical (unpaired) electrons. The van der Waals surface area contributed by atoms with Crippen LogP contribution in [0.15, 0.2) is 24.3 Å². The zero-order valence-electron chi connectivity index (χ0n) is 12.9. The summed E-state index contributed by atoms with van der Waals surface area (Å²) < 4.78 is 0. The molecule has 2 heterocycles. The highest BCUT2D eigenvalue weighted by molar-refractivity contribution is 6.00. The van der Waals surface area contributed by atoms with E-state index in [1.165, 1.54) is 19.3 Å². The van der Waals surface area contributed by atoms with Crippen molar-refractivity contribution in [2.75, 3.05) is 29.5 Å². The second-order valence-electron chi connectivity index (χ2n) is 5.73. The summed E-state index contributed by atoms with van der Waals surface area (Å²) in [7, 11) is 0. The predicted molar refractivity (Wildman–Crippen MR) is 93.4 cm³/mol. The highest BCUT2D eigenvalue weighted by Gasteiger charge is 2.15. The Bertz CT molecular complexity index is 735. The number of hydrogen-bond acceptors (Lipinski definition) is 6. The van der Waals surface area contributed by atoms with Gasteiger partial charge in [-0.15, -0.1) is 0 Å². The quantitative estimate of drug-likeness (QED) is 0.387. The molecule has 23 heavy (non-hydrogen) atoms. The van der Waals surface area contributed by atoms with Gasteiger partial charge in [-0.05, 0) is 31.4 Å². The van der Waals surface area contributed by atoms with E-state index in [2.05, 4.69) is 14.9 Å². The van der Waals surface area contributed by atoms with Crippen molar-refractivity contribution in [2.45, 2.75) is 19.3 Å². The summed E-state index contributed by atoms with van der Waals surface area (Å²) >= 11 is 0. The summed E-state index contributed by atoms with van der Waals surface area (Å²) in [5.74, 6) is 1.05. The number of piperidine rings is 1. The molecule has 1 aliphatic rings. The van der Waals surface area contributed by atoms with Crippen molar-refractivity contribution in [3.63, 3.8) is 0 Å². The number of rotatable bonds is 3. The maximum atomic E-state index is 7.50. The molecule has 0 aliphatic carbocycles. The molecule has 0 saturated carbocycles. The van der Waals surface area contributed by atoms with Gasteiger partial charge in [-0.1, -0.05) is 6.07 Å². The van der Waals surface area contributed by atoms with Crippen LogP contribution in [0.2, 0.25) is 0 Å². The molecule has 3 rings (SSSR count). The highest BCUT2D eigenvalue weighted by Crippen LogP contribution is 2.27. The lowest BCUT2D eigenvalue weighted by atomic mass is 10.1. The van der Waals surface area contributed by atoms with E-state index >= 15 is 0 Å². The molecular formula is C16H21N7. The van der Waals surface area contributed by atoms with Crippen LogP contribution >= 0.6 is 0 Å². The molecule has 0 spiro atoms. The molecule has 1 aromatic heterocycles. The van der Waals surface area contributed by atoms with Crippen LogP contribution < -0.4 is 22.1 Å². The average molecular weight is 311 g/mol. The van der Waals surface area contributed by atoms with Gasteiger partial charge in [0.25, 0.3) is 0 Å². The van der Waals surface area contributed by atoms with Crippen LogP contribution in [-0.4, -0.2) is 28.9 Å². The summed E-state index contributed by atoms with van der Waals surface area (Å²) in [4.78, 5) is 10.9. The van der Waals surface area contributed by atoms with Gasteiger partial charge in [-0.3, -0.25) is 5.41 Å². The van der Waals surface area contributed by atoms with Gasteiger partial charge >= 0.3 is 0 Å². The predicted octanol–water partition coefficient (Wildman–Crippen LogP) is 1.58. The fourth-order valence-corrected chi connectivity index (χ4v) is 2.85. The minimum absolute atomic E-state index is 0.0507. The first-order chi connectivity index (χ1) is 11.0. The fourth-order valence-electron chi connectivity index (χ4n) is 2.85. The van der Waals surface area contributed by atoms with Crippen LogP contribution in [0.25, 0.3) is 11.3 Å². The SMILES string of the molecule is N=C(N)c1ccc(-c2cc(N3CCCCC3)nc(N)n2)cc1N. The van der Waals surface area contributed by atoms with E-state index in [1.807, 2.05) is 12.1 Å². The zero-order chi connectivity index (χ0) is 16.4. The molecule has 7 heteroatoms. The molecule has 1 saturated heterocycles. The molecule has 0 unspecified atom stereocenters. The number of anilines is 3. The number of nitrogens with one attached hydrogen (secondary N) is 1. The topological polar surface area (TPSA) is 131 Å². The first-order valence-corrected chi connectivity index (χ1v) is 7.68. The average Bonchev–Trinajstić information content (AvgIpc) is 2.54. The molecule has 0 bridgehead atoms. The summed E-state index contributed by atoms with van der Waals surface area (Å²) in [6, 6.07) is 7.27. The Kier molecular flexibility index (Phi) is 4.01. The Morgan fingerprint density at radius 2 is 1.78 bits per heavy atom. The van der Waals surface area contributed by atoms with Gasteiger partial charge in [0, 0.05) is 36.0 Å². The van der Waals surface area contributed by atoms with E-state index in [-0.39, 0.29) is 11.8 Å². The first kappa shape index (κ1) is 15.1. The lowest BCUT2D eigenvalue weighted by Gasteiger charge is -2.28. The van der Waals surface area contributed by atoms with E-state index in [9.17, 15) is 0 Å². The van der Waals surface area contributed by atoms with Crippen molar-refractivity contribution in [1.29, 1.82) is 5.41 Å². The Labute approximate surface area is 135 Å². The molecule has 7 nitrogen and oxygen atoms in total. The molecular weight excluding hydrogens is 290 g/mol. The van der Waals surface area contributed by atoms with Gasteiger partial charge in [0.15, 0.2) is 0 Å². The molecule has 1 aliphatic heterocycles. The van der Waals surface area contributed by atoms with Gasteiger partial charge in [0.05, 0.1) is 5.69 Å². The van der Waals surface area contributed by atoms with Gasteiger partial charge in [-0.2, -0.15) is 4.98 Å². The van der Waals surface area contributed by atoms with Gasteiger partial charge in [-0.25, -0.2) is 4.98 Å². The largest absolute Gasteiger partial charge is 0.398 e. The number of nitrogens with two attached hydrogens (primary N) is 3. The number of hydrogen-bond donors (Lipinski definition) is 4. The second kappa shape index (κ2) is 6.12. The Hall–Kier alpha value is -2.83. The Balaban J connectivity index is 1.97. The number of aromatic nitrogens is 2. The normalized spacial score (nSPS) is 14.7. The van der Waals surface area contributed by atoms with Crippen molar-refractivity contribution in [3.8, 4) is 11.3 Å². The van der Waals surface area contributed by atoms with Gasteiger partial charge in [0.1, 0.15) is 11.7 Å². The second-order valence-corrected chi connectivity index (χ2v) is 5.73. The van der Waals surface area contributed by atoms with Crippen LogP contribution in [0, 0.1) is 5.41 Å². The summed E-state index contributed by atoms with van der Waals surface area (Å²) in [6.07, 6.45) is 3.59. The van der Waals surface area contributed by atoms with Crippen LogP contribution in [0.3, 0.4) is 0 Å². The summed E-state index contributed by atoms with van der Waals surface area (Å²) in [5, 5.41) is 7.50. The molecule has 120 valence electrons. The third-order valence-corrected chi connectivity index (χ3v) is 4.05. The van der Waals surface area contributed by atoms with Crippen molar-refractivity contribution in [1.82, 2.24) is 9.97 Å². The monoisotopic (exact) mass is 311 g/mol. The van der Waals surface area contributed by atoms with Crippen LogP contribution in [0.1, 0.15) is 24.8 Å². The minimum atomic E-state index is -0.0507. The maximum Gasteiger partial charge on any atom is 0.222 e. The van der Waals surface area contributed by atoms with Crippen molar-refractivity contribution in [3.05, 3.63) is 29.8 Å². The molecule has 1 fully saturated rings. The molecule has 1 aromatic carbocycles. The molecule has 0 amide bonds. The smallest absolute Gasteiger partial charge is 0.222 e. The molecule has 2 aromatic rings. The van der Waals surface area contributed by atoms with Gasteiger partial charge < -0.3 is 22.1 Å². The Morgan fingerprint density at radius 1 is 1.04 bits per heavy atom. The summed E-state index contributed by atoms with van der Waals surface area (Å²) in [5.41, 5.74) is 19.9. The zero-order valence-corrected chi connectivity index (χ0v) is 12.9. The van der Waals surface area contributed by atoms with Gasteiger partial charge in [0.2, 0.25) is 5.95 Å². The lowest BCUT2D eigenvalue weighted by molar-refractivity contribution is 0.573. The maximum absolute atomic E-state index is 7.50. The number of amidine groups is 1. The minimum Gasteiger partial charge on any atom is -0.398 e. The fraction of sp³-hybridized carbons (Fsp3) is 0.312. The Morgan fingerprint density at radius 3 is 2.43 bits per heavy atom. The third-order valence-electron chi connectivity index (χ3n) is 4.05. The van der Waals surface area contributed by atoms with E-state index in [1.54, 1.807) is 12.1 Å². The standard InChI is InChI=1S/C16H21N7/c17-12-8-10(4-5-11(12)15(18)19)13-9-14(22-16(20)21-13)23-6-2-1-3-7-23/h4-5,8-9H,1-3,6-7,17H2,(H3,18,19)(H2,20,21,22). The van der Waals surface area contributed by atoms with E-state index < -0.39 is 0 Å². The summed E-state index contributed by atoms with van der Waals surface area (Å²) in [6.45, 7) is 1.97.